The van der Waals surface area contributed by atoms with Crippen LogP contribution in [0.2, 0.25) is 5.15 Å². The molecule has 0 aromatic carbocycles. The number of anilines is 1. The summed E-state index contributed by atoms with van der Waals surface area (Å²) in [6.07, 6.45) is 2.59. The first-order chi connectivity index (χ1) is 10.3. The number of nitrogens with zero attached hydrogens (tertiary/aromatic N) is 2. The lowest BCUT2D eigenvalue weighted by Crippen LogP contribution is -2.29. The predicted molar refractivity (Wildman–Crippen MR) is 87.8 cm³/mol. The van der Waals surface area contributed by atoms with E-state index in [9.17, 15) is 9.90 Å². The molecule has 0 bridgehead atoms. The Morgan fingerprint density at radius 2 is 2.27 bits per heavy atom. The molecule has 1 aliphatic heterocycles. The minimum atomic E-state index is -0.470. The van der Waals surface area contributed by atoms with Crippen LogP contribution in [0.1, 0.15) is 32.8 Å². The molecular weight excluding hydrogens is 302 g/mol. The zero-order chi connectivity index (χ0) is 16.3. The lowest BCUT2D eigenvalue weighted by atomic mass is 9.95. The van der Waals surface area contributed by atoms with Gasteiger partial charge in [-0.05, 0) is 24.9 Å². The van der Waals surface area contributed by atoms with Gasteiger partial charge in [0.25, 0.3) is 0 Å². The number of pyridine rings is 1. The number of nitrogens with one attached hydrogen (secondary N) is 1. The first kappa shape index (κ1) is 17.2. The minimum Gasteiger partial charge on any atom is -0.396 e. The lowest BCUT2D eigenvalue weighted by Gasteiger charge is -2.22. The number of carbonyl (C=O) groups excluding carboxylic acids is 1. The van der Waals surface area contributed by atoms with Crippen LogP contribution in [0.4, 0.5) is 5.69 Å². The topological polar surface area (TPSA) is 65.5 Å². The van der Waals surface area contributed by atoms with Gasteiger partial charge < -0.3 is 10.4 Å². The average Bonchev–Trinajstić information content (AvgIpc) is 2.89. The van der Waals surface area contributed by atoms with E-state index in [2.05, 4.69) is 15.2 Å². The van der Waals surface area contributed by atoms with Gasteiger partial charge in [-0.15, -0.1) is 0 Å². The molecule has 2 N–H and O–H groups in total. The Bertz CT molecular complexity index is 543. The van der Waals surface area contributed by atoms with Crippen molar-refractivity contribution < 1.29 is 9.90 Å². The quantitative estimate of drug-likeness (QED) is 0.835. The number of carbonyl (C=O) groups is 1. The fraction of sp³-hybridized carbons (Fsp3) is 0.625. The lowest BCUT2D eigenvalue weighted by molar-refractivity contribution is -0.123. The molecule has 1 unspecified atom stereocenters. The van der Waals surface area contributed by atoms with E-state index < -0.39 is 5.41 Å². The molecule has 1 saturated heterocycles. The Balaban J connectivity index is 2.15. The van der Waals surface area contributed by atoms with Crippen molar-refractivity contribution in [2.24, 2.45) is 11.3 Å². The Morgan fingerprint density at radius 1 is 1.55 bits per heavy atom. The number of rotatable bonds is 4. The van der Waals surface area contributed by atoms with Crippen molar-refractivity contribution in [2.75, 3.05) is 25.0 Å². The molecule has 1 amide bonds. The maximum Gasteiger partial charge on any atom is 0.229 e. The van der Waals surface area contributed by atoms with E-state index in [1.165, 1.54) is 0 Å². The molecular formula is C16H24ClN3O2. The van der Waals surface area contributed by atoms with Crippen molar-refractivity contribution in [2.45, 2.75) is 33.7 Å². The van der Waals surface area contributed by atoms with Gasteiger partial charge in [-0.2, -0.15) is 0 Å². The van der Waals surface area contributed by atoms with E-state index in [1.807, 2.05) is 20.8 Å². The van der Waals surface area contributed by atoms with Gasteiger partial charge in [0.15, 0.2) is 0 Å². The zero-order valence-electron chi connectivity index (χ0n) is 13.4. The second-order valence-electron chi connectivity index (χ2n) is 6.90. The van der Waals surface area contributed by atoms with Gasteiger partial charge in [-0.3, -0.25) is 9.69 Å². The highest BCUT2D eigenvalue weighted by atomic mass is 35.5. The number of aliphatic hydroxyl groups is 1. The van der Waals surface area contributed by atoms with E-state index in [0.29, 0.717) is 23.3 Å². The second kappa shape index (κ2) is 6.94. The highest BCUT2D eigenvalue weighted by Gasteiger charge is 2.26. The number of hydrogen-bond acceptors (Lipinski definition) is 4. The predicted octanol–water partition coefficient (Wildman–Crippen LogP) is 2.53. The second-order valence-corrected chi connectivity index (χ2v) is 7.26. The van der Waals surface area contributed by atoms with Gasteiger partial charge in [0, 0.05) is 42.6 Å². The molecule has 2 rings (SSSR count). The number of hydrogen-bond donors (Lipinski definition) is 2. The maximum atomic E-state index is 12.2. The Morgan fingerprint density at radius 3 is 2.86 bits per heavy atom. The van der Waals surface area contributed by atoms with Crippen molar-refractivity contribution in [3.8, 4) is 0 Å². The van der Waals surface area contributed by atoms with Crippen LogP contribution in [-0.2, 0) is 11.3 Å². The standard InChI is InChI=1S/C16H24ClN3O2/c1-16(2,3)15(22)19-13-4-6-18-14(17)12(13)9-20-7-5-11(8-20)10-21/h4,6,11,21H,5,7-10H2,1-3H3,(H,18,19,22). The molecule has 1 aliphatic rings. The van der Waals surface area contributed by atoms with Crippen LogP contribution in [0.25, 0.3) is 0 Å². The van der Waals surface area contributed by atoms with Crippen LogP contribution in [0.15, 0.2) is 12.3 Å². The molecule has 1 aromatic heterocycles. The molecule has 0 radical (unpaired) electrons. The normalized spacial score (nSPS) is 19.4. The summed E-state index contributed by atoms with van der Waals surface area (Å²) in [7, 11) is 0. The summed E-state index contributed by atoms with van der Waals surface area (Å²) in [5.74, 6) is 0.272. The van der Waals surface area contributed by atoms with E-state index in [-0.39, 0.29) is 12.5 Å². The average molecular weight is 326 g/mol. The van der Waals surface area contributed by atoms with E-state index >= 15 is 0 Å². The number of aromatic nitrogens is 1. The summed E-state index contributed by atoms with van der Waals surface area (Å²) in [6.45, 7) is 8.22. The molecule has 2 heterocycles. The fourth-order valence-electron chi connectivity index (χ4n) is 2.47. The summed E-state index contributed by atoms with van der Waals surface area (Å²) in [6, 6.07) is 1.78. The first-order valence-electron chi connectivity index (χ1n) is 7.59. The summed E-state index contributed by atoms with van der Waals surface area (Å²) in [5, 5.41) is 12.6. The molecule has 0 spiro atoms. The SMILES string of the molecule is CC(C)(C)C(=O)Nc1ccnc(Cl)c1CN1CCC(CO)C1. The summed E-state index contributed by atoms with van der Waals surface area (Å²) in [5.41, 5.74) is 1.08. The molecule has 1 aromatic rings. The third kappa shape index (κ3) is 4.18. The number of likely N-dealkylation sites (tertiary alicyclic amines) is 1. The molecule has 122 valence electrons. The number of aliphatic hydroxyl groups excluding tert-OH is 1. The van der Waals surface area contributed by atoms with Crippen molar-refractivity contribution in [1.29, 1.82) is 0 Å². The molecule has 6 heteroatoms. The van der Waals surface area contributed by atoms with Crippen LogP contribution < -0.4 is 5.32 Å². The first-order valence-corrected chi connectivity index (χ1v) is 7.97. The van der Waals surface area contributed by atoms with Crippen molar-refractivity contribution in [3.05, 3.63) is 23.0 Å². The Labute approximate surface area is 136 Å². The molecule has 1 fully saturated rings. The van der Waals surface area contributed by atoms with E-state index in [0.717, 1.165) is 25.1 Å². The van der Waals surface area contributed by atoms with Crippen LogP contribution in [0.3, 0.4) is 0 Å². The minimum absolute atomic E-state index is 0.0503. The number of amides is 1. The smallest absolute Gasteiger partial charge is 0.229 e. The van der Waals surface area contributed by atoms with Crippen molar-refractivity contribution in [3.63, 3.8) is 0 Å². The van der Waals surface area contributed by atoms with E-state index in [1.54, 1.807) is 12.3 Å². The molecule has 5 nitrogen and oxygen atoms in total. The van der Waals surface area contributed by atoms with Crippen molar-refractivity contribution >= 4 is 23.2 Å². The van der Waals surface area contributed by atoms with Gasteiger partial charge in [0.1, 0.15) is 5.15 Å². The summed E-state index contributed by atoms with van der Waals surface area (Å²) < 4.78 is 0. The van der Waals surface area contributed by atoms with Crippen LogP contribution >= 0.6 is 11.6 Å². The third-order valence-corrected chi connectivity index (χ3v) is 4.27. The zero-order valence-corrected chi connectivity index (χ0v) is 14.2. The number of halogens is 1. The van der Waals surface area contributed by atoms with Crippen LogP contribution in [0, 0.1) is 11.3 Å². The van der Waals surface area contributed by atoms with Crippen LogP contribution in [-0.4, -0.2) is 40.6 Å². The summed E-state index contributed by atoms with van der Waals surface area (Å²) in [4.78, 5) is 18.6. The monoisotopic (exact) mass is 325 g/mol. The summed E-state index contributed by atoms with van der Waals surface area (Å²) >= 11 is 6.24. The molecule has 1 atom stereocenters. The van der Waals surface area contributed by atoms with Gasteiger partial charge >= 0.3 is 0 Å². The van der Waals surface area contributed by atoms with Gasteiger partial charge in [0.05, 0.1) is 0 Å². The molecule has 0 aliphatic carbocycles. The van der Waals surface area contributed by atoms with Crippen molar-refractivity contribution in [1.82, 2.24) is 9.88 Å². The maximum absolute atomic E-state index is 12.2. The van der Waals surface area contributed by atoms with E-state index in [4.69, 9.17) is 11.6 Å². The Hall–Kier alpha value is -1.17. The van der Waals surface area contributed by atoms with Gasteiger partial charge in [0.2, 0.25) is 5.91 Å². The third-order valence-electron chi connectivity index (χ3n) is 3.94. The fourth-order valence-corrected chi connectivity index (χ4v) is 2.69. The molecule has 22 heavy (non-hydrogen) atoms. The Kier molecular flexibility index (Phi) is 5.42. The highest BCUT2D eigenvalue weighted by Crippen LogP contribution is 2.28. The van der Waals surface area contributed by atoms with Gasteiger partial charge in [-0.1, -0.05) is 32.4 Å². The van der Waals surface area contributed by atoms with Gasteiger partial charge in [-0.25, -0.2) is 4.98 Å². The largest absolute Gasteiger partial charge is 0.396 e. The highest BCUT2D eigenvalue weighted by molar-refractivity contribution is 6.30. The molecule has 0 saturated carbocycles. The van der Waals surface area contributed by atoms with Crippen LogP contribution in [0.5, 0.6) is 0 Å².